The van der Waals surface area contributed by atoms with Gasteiger partial charge in [-0.15, -0.1) is 6.58 Å². The summed E-state index contributed by atoms with van der Waals surface area (Å²) >= 11 is 0. The summed E-state index contributed by atoms with van der Waals surface area (Å²) in [5.74, 6) is -0.716. The molecule has 2 N–H and O–H groups in total. The molecule has 14 heavy (non-hydrogen) atoms. The molecule has 0 aromatic rings. The molecule has 0 aromatic carbocycles. The number of unbranched alkanes of at least 4 members (excludes halogenated alkanes) is 4. The van der Waals surface area contributed by atoms with Crippen molar-refractivity contribution in [2.45, 2.75) is 51.0 Å². The minimum Gasteiger partial charge on any atom is -0.481 e. The minimum absolute atomic E-state index is 0.273. The lowest BCUT2D eigenvalue weighted by atomic mass is 10.1. The van der Waals surface area contributed by atoms with Gasteiger partial charge in [0.1, 0.15) is 0 Å². The van der Waals surface area contributed by atoms with E-state index in [0.29, 0.717) is 0 Å². The van der Waals surface area contributed by atoms with Crippen LogP contribution in [-0.4, -0.2) is 22.3 Å². The van der Waals surface area contributed by atoms with Crippen molar-refractivity contribution in [2.75, 3.05) is 0 Å². The first-order chi connectivity index (χ1) is 6.66. The molecule has 3 heteroatoms. The first-order valence-electron chi connectivity index (χ1n) is 5.19. The Morgan fingerprint density at radius 3 is 2.36 bits per heavy atom. The Bertz CT molecular complexity index is 166. The van der Waals surface area contributed by atoms with E-state index in [1.54, 1.807) is 6.08 Å². The highest BCUT2D eigenvalue weighted by Crippen LogP contribution is 2.08. The number of hydrogen-bond acceptors (Lipinski definition) is 2. The standard InChI is InChI=1S/C11H20O3/c1-2-10(12)8-6-4-3-5-7-9-11(13)14/h2,10,12H,1,3-9H2,(H,13,14)/t10-/m0/s1. The normalized spacial score (nSPS) is 12.4. The zero-order valence-corrected chi connectivity index (χ0v) is 8.61. The van der Waals surface area contributed by atoms with E-state index in [-0.39, 0.29) is 12.5 Å². The van der Waals surface area contributed by atoms with E-state index in [1.807, 2.05) is 0 Å². The quantitative estimate of drug-likeness (QED) is 0.443. The summed E-state index contributed by atoms with van der Waals surface area (Å²) in [6.07, 6.45) is 7.04. The van der Waals surface area contributed by atoms with Crippen LogP contribution in [0.5, 0.6) is 0 Å². The zero-order chi connectivity index (χ0) is 10.8. The molecule has 0 heterocycles. The molecule has 0 spiro atoms. The molecule has 0 saturated carbocycles. The fourth-order valence-electron chi connectivity index (χ4n) is 1.28. The zero-order valence-electron chi connectivity index (χ0n) is 8.61. The first-order valence-corrected chi connectivity index (χ1v) is 5.19. The van der Waals surface area contributed by atoms with E-state index >= 15 is 0 Å². The van der Waals surface area contributed by atoms with Crippen LogP contribution in [0.25, 0.3) is 0 Å². The molecule has 0 fully saturated rings. The Labute approximate surface area is 85.4 Å². The van der Waals surface area contributed by atoms with Crippen LogP contribution in [0.15, 0.2) is 12.7 Å². The van der Waals surface area contributed by atoms with Crippen LogP contribution < -0.4 is 0 Å². The molecule has 1 atom stereocenters. The first kappa shape index (κ1) is 13.2. The van der Waals surface area contributed by atoms with Gasteiger partial charge in [-0.25, -0.2) is 0 Å². The lowest BCUT2D eigenvalue weighted by Crippen LogP contribution is -2.00. The maximum absolute atomic E-state index is 10.2. The molecule has 0 bridgehead atoms. The number of aliphatic hydroxyl groups is 1. The van der Waals surface area contributed by atoms with Gasteiger partial charge in [0.15, 0.2) is 0 Å². The summed E-state index contributed by atoms with van der Waals surface area (Å²) in [5.41, 5.74) is 0. The fourth-order valence-corrected chi connectivity index (χ4v) is 1.28. The summed E-state index contributed by atoms with van der Waals surface area (Å²) in [7, 11) is 0. The Morgan fingerprint density at radius 2 is 1.79 bits per heavy atom. The molecule has 0 radical (unpaired) electrons. The molecular formula is C11H20O3. The monoisotopic (exact) mass is 200 g/mol. The van der Waals surface area contributed by atoms with Crippen LogP contribution >= 0.6 is 0 Å². The van der Waals surface area contributed by atoms with Gasteiger partial charge in [-0.05, 0) is 12.8 Å². The second-order valence-electron chi connectivity index (χ2n) is 3.50. The molecule has 0 aromatic heterocycles. The number of carboxylic acids is 1. The van der Waals surface area contributed by atoms with Gasteiger partial charge in [0.2, 0.25) is 0 Å². The van der Waals surface area contributed by atoms with Crippen molar-refractivity contribution in [1.82, 2.24) is 0 Å². The molecule has 0 amide bonds. The fraction of sp³-hybridized carbons (Fsp3) is 0.727. The number of hydrogen-bond donors (Lipinski definition) is 2. The lowest BCUT2D eigenvalue weighted by Gasteiger charge is -2.03. The third-order valence-electron chi connectivity index (χ3n) is 2.16. The van der Waals surface area contributed by atoms with Crippen molar-refractivity contribution < 1.29 is 15.0 Å². The SMILES string of the molecule is C=C[C@H](O)CCCCCCCC(=O)O. The average Bonchev–Trinajstić information content (AvgIpc) is 2.15. The Hall–Kier alpha value is -0.830. The van der Waals surface area contributed by atoms with Gasteiger partial charge in [0, 0.05) is 6.42 Å². The van der Waals surface area contributed by atoms with Crippen molar-refractivity contribution in [1.29, 1.82) is 0 Å². The summed E-state index contributed by atoms with van der Waals surface area (Å²) in [4.78, 5) is 10.2. The van der Waals surface area contributed by atoms with Crippen LogP contribution in [0.2, 0.25) is 0 Å². The number of aliphatic hydroxyl groups excluding tert-OH is 1. The Morgan fingerprint density at radius 1 is 1.21 bits per heavy atom. The highest BCUT2D eigenvalue weighted by Gasteiger charge is 1.98. The summed E-state index contributed by atoms with van der Waals surface area (Å²) in [6.45, 7) is 3.49. The van der Waals surface area contributed by atoms with Gasteiger partial charge in [-0.2, -0.15) is 0 Å². The van der Waals surface area contributed by atoms with Crippen LogP contribution in [0.4, 0.5) is 0 Å². The summed E-state index contributed by atoms with van der Waals surface area (Å²) < 4.78 is 0. The van der Waals surface area contributed by atoms with Crippen LogP contribution in [-0.2, 0) is 4.79 Å². The maximum atomic E-state index is 10.2. The molecule has 82 valence electrons. The van der Waals surface area contributed by atoms with Crippen molar-refractivity contribution >= 4 is 5.97 Å². The Kier molecular flexibility index (Phi) is 8.24. The second-order valence-corrected chi connectivity index (χ2v) is 3.50. The minimum atomic E-state index is -0.716. The Balaban J connectivity index is 3.06. The van der Waals surface area contributed by atoms with Crippen molar-refractivity contribution in [3.8, 4) is 0 Å². The summed E-state index contributed by atoms with van der Waals surface area (Å²) in [5, 5.41) is 17.5. The predicted molar refractivity (Wildman–Crippen MR) is 56.2 cm³/mol. The van der Waals surface area contributed by atoms with Crippen molar-refractivity contribution in [2.24, 2.45) is 0 Å². The van der Waals surface area contributed by atoms with Crippen molar-refractivity contribution in [3.05, 3.63) is 12.7 Å². The van der Waals surface area contributed by atoms with E-state index in [2.05, 4.69) is 6.58 Å². The molecule has 0 aliphatic carbocycles. The van der Waals surface area contributed by atoms with Gasteiger partial charge in [0.05, 0.1) is 6.10 Å². The number of carbonyl (C=O) groups is 1. The molecule has 0 saturated heterocycles. The van der Waals surface area contributed by atoms with Gasteiger partial charge < -0.3 is 10.2 Å². The topological polar surface area (TPSA) is 57.5 Å². The number of rotatable bonds is 9. The highest BCUT2D eigenvalue weighted by molar-refractivity contribution is 5.66. The third kappa shape index (κ3) is 9.26. The number of aliphatic carboxylic acids is 1. The third-order valence-corrected chi connectivity index (χ3v) is 2.16. The van der Waals surface area contributed by atoms with Crippen LogP contribution in [0.3, 0.4) is 0 Å². The van der Waals surface area contributed by atoms with Gasteiger partial charge in [-0.1, -0.05) is 31.8 Å². The van der Waals surface area contributed by atoms with Crippen LogP contribution in [0, 0.1) is 0 Å². The van der Waals surface area contributed by atoms with E-state index in [1.165, 1.54) is 0 Å². The van der Waals surface area contributed by atoms with Gasteiger partial charge >= 0.3 is 5.97 Å². The molecule has 0 aliphatic rings. The van der Waals surface area contributed by atoms with E-state index in [4.69, 9.17) is 10.2 Å². The van der Waals surface area contributed by atoms with Crippen molar-refractivity contribution in [3.63, 3.8) is 0 Å². The molecule has 0 unspecified atom stereocenters. The van der Waals surface area contributed by atoms with Crippen LogP contribution in [0.1, 0.15) is 44.9 Å². The summed E-state index contributed by atoms with van der Waals surface area (Å²) in [6, 6.07) is 0. The number of carboxylic acid groups (broad SMARTS) is 1. The van der Waals surface area contributed by atoms with Gasteiger partial charge in [-0.3, -0.25) is 4.79 Å². The van der Waals surface area contributed by atoms with E-state index in [9.17, 15) is 4.79 Å². The van der Waals surface area contributed by atoms with Gasteiger partial charge in [0.25, 0.3) is 0 Å². The molecular weight excluding hydrogens is 180 g/mol. The average molecular weight is 200 g/mol. The molecule has 0 aliphatic heterocycles. The predicted octanol–water partition coefficient (Wildman–Crippen LogP) is 2.35. The van der Waals surface area contributed by atoms with E-state index in [0.717, 1.165) is 38.5 Å². The second kappa shape index (κ2) is 8.75. The largest absolute Gasteiger partial charge is 0.481 e. The maximum Gasteiger partial charge on any atom is 0.303 e. The van der Waals surface area contributed by atoms with E-state index < -0.39 is 5.97 Å². The molecule has 0 rings (SSSR count). The smallest absolute Gasteiger partial charge is 0.303 e. The highest BCUT2D eigenvalue weighted by atomic mass is 16.4. The molecule has 3 nitrogen and oxygen atoms in total. The lowest BCUT2D eigenvalue weighted by molar-refractivity contribution is -0.137.